The summed E-state index contributed by atoms with van der Waals surface area (Å²) in [5, 5.41) is 3.24. The van der Waals surface area contributed by atoms with E-state index in [0.717, 1.165) is 5.56 Å². The van der Waals surface area contributed by atoms with Crippen molar-refractivity contribution in [3.8, 4) is 5.75 Å². The van der Waals surface area contributed by atoms with Gasteiger partial charge in [-0.15, -0.1) is 0 Å². The van der Waals surface area contributed by atoms with Crippen LogP contribution in [0, 0.1) is 6.92 Å². The second-order valence-corrected chi connectivity index (χ2v) is 5.79. The lowest BCUT2D eigenvalue weighted by atomic mass is 9.91. The molecule has 6 nitrogen and oxygen atoms in total. The molecule has 2 rings (SSSR count). The van der Waals surface area contributed by atoms with Crippen LogP contribution in [0.1, 0.15) is 18.4 Å². The van der Waals surface area contributed by atoms with Gasteiger partial charge in [-0.2, -0.15) is 0 Å². The van der Waals surface area contributed by atoms with Gasteiger partial charge in [0.15, 0.2) is 6.61 Å². The van der Waals surface area contributed by atoms with E-state index in [-0.39, 0.29) is 13.2 Å². The molecule has 7 heteroatoms. The highest BCUT2D eigenvalue weighted by Gasteiger charge is 2.40. The van der Waals surface area contributed by atoms with E-state index in [2.05, 4.69) is 5.32 Å². The van der Waals surface area contributed by atoms with E-state index >= 15 is 0 Å². The molecule has 1 aromatic carbocycles. The van der Waals surface area contributed by atoms with E-state index in [1.54, 1.807) is 18.2 Å². The van der Waals surface area contributed by atoms with Gasteiger partial charge in [-0.25, -0.2) is 0 Å². The van der Waals surface area contributed by atoms with Gasteiger partial charge in [-0.05, 0) is 43.5 Å². The monoisotopic (exact) mass is 326 g/mol. The highest BCUT2D eigenvalue weighted by atomic mass is 35.5. The molecule has 1 atom stereocenters. The maximum Gasteiger partial charge on any atom is 0.258 e. The average Bonchev–Trinajstić information content (AvgIpc) is 2.47. The van der Waals surface area contributed by atoms with E-state index in [9.17, 15) is 9.59 Å². The normalized spacial score (nSPS) is 21.2. The fraction of sp³-hybridized carbons (Fsp3) is 0.467. The summed E-state index contributed by atoms with van der Waals surface area (Å²) in [5.41, 5.74) is 5.09. The Morgan fingerprint density at radius 2 is 2.27 bits per heavy atom. The Morgan fingerprint density at radius 1 is 1.50 bits per heavy atom. The molecule has 1 saturated heterocycles. The van der Waals surface area contributed by atoms with Crippen molar-refractivity contribution in [1.29, 1.82) is 0 Å². The minimum atomic E-state index is -1.15. The summed E-state index contributed by atoms with van der Waals surface area (Å²) >= 11 is 5.86. The smallest absolute Gasteiger partial charge is 0.258 e. The van der Waals surface area contributed by atoms with Crippen LogP contribution in [0.25, 0.3) is 0 Å². The number of hydrogen-bond donors (Lipinski definition) is 2. The molecule has 22 heavy (non-hydrogen) atoms. The van der Waals surface area contributed by atoms with Gasteiger partial charge in [0.2, 0.25) is 5.91 Å². The number of nitrogens with one attached hydrogen (secondary N) is 1. The van der Waals surface area contributed by atoms with Gasteiger partial charge in [-0.1, -0.05) is 11.6 Å². The summed E-state index contributed by atoms with van der Waals surface area (Å²) in [6.07, 6.45) is 1.13. The SMILES string of the molecule is Cc1cc(Cl)ccc1OCC(=O)NC1(C(N)=O)CCCOC1. The summed E-state index contributed by atoms with van der Waals surface area (Å²) in [6.45, 7) is 2.27. The number of nitrogens with two attached hydrogens (primary N) is 1. The number of halogens is 1. The molecule has 1 aromatic rings. The Labute approximate surface area is 133 Å². The zero-order chi connectivity index (χ0) is 16.2. The Morgan fingerprint density at radius 3 is 2.86 bits per heavy atom. The molecule has 0 bridgehead atoms. The molecule has 1 aliphatic rings. The van der Waals surface area contributed by atoms with E-state index in [1.165, 1.54) is 0 Å². The molecule has 3 N–H and O–H groups in total. The molecule has 0 saturated carbocycles. The first kappa shape index (κ1) is 16.6. The first-order valence-electron chi connectivity index (χ1n) is 7.00. The van der Waals surface area contributed by atoms with Crippen LogP contribution in [0.15, 0.2) is 18.2 Å². The quantitative estimate of drug-likeness (QED) is 0.850. The molecule has 1 unspecified atom stereocenters. The van der Waals surface area contributed by atoms with Crippen molar-refractivity contribution < 1.29 is 19.1 Å². The molecule has 0 radical (unpaired) electrons. The van der Waals surface area contributed by atoms with Crippen molar-refractivity contribution in [3.63, 3.8) is 0 Å². The summed E-state index contributed by atoms with van der Waals surface area (Å²) in [5.74, 6) is -0.450. The molecule has 0 spiro atoms. The Bertz CT molecular complexity index is 571. The Balaban J connectivity index is 1.95. The molecule has 120 valence electrons. The van der Waals surface area contributed by atoms with Gasteiger partial charge in [-0.3, -0.25) is 9.59 Å². The second-order valence-electron chi connectivity index (χ2n) is 5.35. The number of hydrogen-bond acceptors (Lipinski definition) is 4. The third kappa shape index (κ3) is 3.90. The third-order valence-corrected chi connectivity index (χ3v) is 3.82. The van der Waals surface area contributed by atoms with Crippen molar-refractivity contribution in [3.05, 3.63) is 28.8 Å². The van der Waals surface area contributed by atoms with E-state index < -0.39 is 17.4 Å². The number of carbonyl (C=O) groups is 2. The van der Waals surface area contributed by atoms with Crippen LogP contribution in [0.2, 0.25) is 5.02 Å². The topological polar surface area (TPSA) is 90.6 Å². The van der Waals surface area contributed by atoms with Crippen molar-refractivity contribution >= 4 is 23.4 Å². The zero-order valence-corrected chi connectivity index (χ0v) is 13.1. The number of ether oxygens (including phenoxy) is 2. The number of rotatable bonds is 5. The number of amides is 2. The predicted molar refractivity (Wildman–Crippen MR) is 81.8 cm³/mol. The van der Waals surface area contributed by atoms with Crippen LogP contribution in [0.4, 0.5) is 0 Å². The molecule has 0 aromatic heterocycles. The van der Waals surface area contributed by atoms with Gasteiger partial charge in [0.1, 0.15) is 11.3 Å². The van der Waals surface area contributed by atoms with Crippen molar-refractivity contribution in [2.75, 3.05) is 19.8 Å². The summed E-state index contributed by atoms with van der Waals surface area (Å²) in [4.78, 5) is 23.7. The second kappa shape index (κ2) is 6.98. The van der Waals surface area contributed by atoms with Crippen molar-refractivity contribution in [2.45, 2.75) is 25.3 Å². The molecular formula is C15H19ClN2O4. The maximum atomic E-state index is 12.0. The first-order chi connectivity index (χ1) is 10.4. The van der Waals surface area contributed by atoms with Crippen LogP contribution >= 0.6 is 11.6 Å². The van der Waals surface area contributed by atoms with Gasteiger partial charge >= 0.3 is 0 Å². The summed E-state index contributed by atoms with van der Waals surface area (Å²) in [7, 11) is 0. The standard InChI is InChI=1S/C15H19ClN2O4/c1-10-7-11(16)3-4-12(10)22-8-13(19)18-15(14(17)20)5-2-6-21-9-15/h3-4,7H,2,5-6,8-9H2,1H3,(H2,17,20)(H,18,19). The van der Waals surface area contributed by atoms with Crippen LogP contribution in [0.3, 0.4) is 0 Å². The van der Waals surface area contributed by atoms with Gasteiger partial charge in [0, 0.05) is 11.6 Å². The van der Waals surface area contributed by atoms with Gasteiger partial charge in [0.25, 0.3) is 5.91 Å². The molecule has 1 fully saturated rings. The van der Waals surface area contributed by atoms with Crippen molar-refractivity contribution in [2.24, 2.45) is 5.73 Å². The molecular weight excluding hydrogens is 308 g/mol. The van der Waals surface area contributed by atoms with Gasteiger partial charge < -0.3 is 20.5 Å². The highest BCUT2D eigenvalue weighted by Crippen LogP contribution is 2.22. The number of carbonyl (C=O) groups excluding carboxylic acids is 2. The Hall–Kier alpha value is -1.79. The fourth-order valence-electron chi connectivity index (χ4n) is 2.37. The van der Waals surface area contributed by atoms with E-state index in [0.29, 0.717) is 30.2 Å². The molecule has 2 amide bonds. The van der Waals surface area contributed by atoms with Crippen molar-refractivity contribution in [1.82, 2.24) is 5.32 Å². The largest absolute Gasteiger partial charge is 0.484 e. The molecule has 0 aliphatic carbocycles. The lowest BCUT2D eigenvalue weighted by molar-refractivity contribution is -0.138. The average molecular weight is 327 g/mol. The first-order valence-corrected chi connectivity index (χ1v) is 7.38. The van der Waals surface area contributed by atoms with Crippen LogP contribution < -0.4 is 15.8 Å². The van der Waals surface area contributed by atoms with E-state index in [1.807, 2.05) is 6.92 Å². The third-order valence-electron chi connectivity index (χ3n) is 3.59. The van der Waals surface area contributed by atoms with Crippen LogP contribution in [-0.2, 0) is 14.3 Å². The number of primary amides is 1. The molecule has 1 heterocycles. The van der Waals surface area contributed by atoms with Gasteiger partial charge in [0.05, 0.1) is 6.61 Å². The highest BCUT2D eigenvalue weighted by molar-refractivity contribution is 6.30. The minimum Gasteiger partial charge on any atom is -0.484 e. The minimum absolute atomic E-state index is 0.0913. The van der Waals surface area contributed by atoms with Crippen LogP contribution in [0.5, 0.6) is 5.75 Å². The number of aryl methyl sites for hydroxylation is 1. The number of benzene rings is 1. The lowest BCUT2D eigenvalue weighted by Crippen LogP contribution is -2.62. The predicted octanol–water partition coefficient (Wildman–Crippen LogP) is 1.18. The molecule has 1 aliphatic heterocycles. The summed E-state index contributed by atoms with van der Waals surface area (Å²) in [6, 6.07) is 5.12. The van der Waals surface area contributed by atoms with Crippen LogP contribution in [-0.4, -0.2) is 37.2 Å². The maximum absolute atomic E-state index is 12.0. The summed E-state index contributed by atoms with van der Waals surface area (Å²) < 4.78 is 10.7. The zero-order valence-electron chi connectivity index (χ0n) is 12.4. The Kier molecular flexibility index (Phi) is 5.26. The fourth-order valence-corrected chi connectivity index (χ4v) is 2.60. The lowest BCUT2D eigenvalue weighted by Gasteiger charge is -2.34. The van der Waals surface area contributed by atoms with E-state index in [4.69, 9.17) is 26.8 Å².